The SMILES string of the molecule is CCC(C)CSc1ccc(F)cc1[C@@H](C)O. The lowest BCUT2D eigenvalue weighted by Gasteiger charge is -2.13. The highest BCUT2D eigenvalue weighted by atomic mass is 32.2. The summed E-state index contributed by atoms with van der Waals surface area (Å²) < 4.78 is 13.1. The van der Waals surface area contributed by atoms with E-state index in [4.69, 9.17) is 0 Å². The van der Waals surface area contributed by atoms with Crippen molar-refractivity contribution in [3.05, 3.63) is 29.6 Å². The predicted octanol–water partition coefficient (Wildman–Crippen LogP) is 4.02. The Balaban J connectivity index is 2.78. The van der Waals surface area contributed by atoms with Gasteiger partial charge in [-0.05, 0) is 36.6 Å². The molecule has 0 radical (unpaired) electrons. The summed E-state index contributed by atoms with van der Waals surface area (Å²) in [6.07, 6.45) is 0.521. The molecule has 0 aliphatic carbocycles. The maximum atomic E-state index is 13.1. The topological polar surface area (TPSA) is 20.2 Å². The summed E-state index contributed by atoms with van der Waals surface area (Å²) in [7, 11) is 0. The predicted molar refractivity (Wildman–Crippen MR) is 67.2 cm³/mol. The van der Waals surface area contributed by atoms with Crippen LogP contribution in [-0.4, -0.2) is 10.9 Å². The van der Waals surface area contributed by atoms with Crippen molar-refractivity contribution >= 4 is 11.8 Å². The largest absolute Gasteiger partial charge is 0.389 e. The lowest BCUT2D eigenvalue weighted by Crippen LogP contribution is -1.99. The molecule has 0 aliphatic heterocycles. The zero-order chi connectivity index (χ0) is 12.1. The first-order valence-electron chi connectivity index (χ1n) is 5.64. The number of aliphatic hydroxyl groups is 1. The van der Waals surface area contributed by atoms with Crippen LogP contribution in [0.15, 0.2) is 23.1 Å². The lowest BCUT2D eigenvalue weighted by atomic mass is 10.1. The summed E-state index contributed by atoms with van der Waals surface area (Å²) in [6, 6.07) is 4.62. The van der Waals surface area contributed by atoms with E-state index in [1.165, 1.54) is 12.1 Å². The maximum Gasteiger partial charge on any atom is 0.123 e. The third-order valence-electron chi connectivity index (χ3n) is 2.64. The van der Waals surface area contributed by atoms with Gasteiger partial charge in [-0.25, -0.2) is 4.39 Å². The average Bonchev–Trinajstić information content (AvgIpc) is 2.26. The molecule has 0 aliphatic rings. The van der Waals surface area contributed by atoms with E-state index in [0.717, 1.165) is 17.1 Å². The van der Waals surface area contributed by atoms with Crippen LogP contribution in [0.4, 0.5) is 4.39 Å². The van der Waals surface area contributed by atoms with Gasteiger partial charge in [-0.15, -0.1) is 11.8 Å². The molecular weight excluding hydrogens is 223 g/mol. The molecule has 0 heterocycles. The van der Waals surface area contributed by atoms with Crippen LogP contribution in [-0.2, 0) is 0 Å². The van der Waals surface area contributed by atoms with Crippen LogP contribution in [0, 0.1) is 11.7 Å². The molecule has 0 saturated heterocycles. The van der Waals surface area contributed by atoms with Crippen molar-refractivity contribution in [1.82, 2.24) is 0 Å². The summed E-state index contributed by atoms with van der Waals surface area (Å²) in [5.74, 6) is 1.35. The zero-order valence-corrected chi connectivity index (χ0v) is 10.9. The first-order chi connectivity index (χ1) is 7.54. The minimum Gasteiger partial charge on any atom is -0.389 e. The summed E-state index contributed by atoms with van der Waals surface area (Å²) in [6.45, 7) is 6.02. The van der Waals surface area contributed by atoms with E-state index in [0.29, 0.717) is 11.5 Å². The van der Waals surface area contributed by atoms with E-state index in [1.807, 2.05) is 0 Å². The Hall–Kier alpha value is -0.540. The number of hydrogen-bond acceptors (Lipinski definition) is 2. The molecule has 1 unspecified atom stereocenters. The average molecular weight is 242 g/mol. The van der Waals surface area contributed by atoms with Crippen molar-refractivity contribution in [3.8, 4) is 0 Å². The Labute approximate surface area is 101 Å². The van der Waals surface area contributed by atoms with Crippen molar-refractivity contribution in [1.29, 1.82) is 0 Å². The Morgan fingerprint density at radius 1 is 1.38 bits per heavy atom. The van der Waals surface area contributed by atoms with Crippen LogP contribution < -0.4 is 0 Å². The smallest absolute Gasteiger partial charge is 0.123 e. The summed E-state index contributed by atoms with van der Waals surface area (Å²) in [5, 5.41) is 9.57. The maximum absolute atomic E-state index is 13.1. The van der Waals surface area contributed by atoms with Crippen LogP contribution in [0.5, 0.6) is 0 Å². The van der Waals surface area contributed by atoms with Crippen molar-refractivity contribution in [2.75, 3.05) is 5.75 Å². The van der Waals surface area contributed by atoms with Crippen LogP contribution in [0.25, 0.3) is 0 Å². The highest BCUT2D eigenvalue weighted by Crippen LogP contribution is 2.30. The van der Waals surface area contributed by atoms with Gasteiger partial charge >= 0.3 is 0 Å². The van der Waals surface area contributed by atoms with Crippen molar-refractivity contribution < 1.29 is 9.50 Å². The van der Waals surface area contributed by atoms with Crippen molar-refractivity contribution in [2.24, 2.45) is 5.92 Å². The quantitative estimate of drug-likeness (QED) is 0.787. The monoisotopic (exact) mass is 242 g/mol. The van der Waals surface area contributed by atoms with Gasteiger partial charge in [-0.3, -0.25) is 0 Å². The standard InChI is InChI=1S/C13H19FOS/c1-4-9(2)8-16-13-6-5-11(14)7-12(13)10(3)15/h5-7,9-10,15H,4,8H2,1-3H3/t9?,10-/m1/s1. The molecule has 1 aromatic carbocycles. The Morgan fingerprint density at radius 2 is 2.06 bits per heavy atom. The van der Waals surface area contributed by atoms with Gasteiger partial charge in [0, 0.05) is 10.6 Å². The van der Waals surface area contributed by atoms with E-state index in [9.17, 15) is 9.50 Å². The number of aliphatic hydroxyl groups excluding tert-OH is 1. The summed E-state index contributed by atoms with van der Waals surface area (Å²) in [4.78, 5) is 0.983. The first-order valence-corrected chi connectivity index (χ1v) is 6.63. The second-order valence-corrected chi connectivity index (χ2v) is 5.24. The van der Waals surface area contributed by atoms with Crippen LogP contribution in [0.3, 0.4) is 0 Å². The Kier molecular flexibility index (Phi) is 5.29. The second kappa shape index (κ2) is 6.26. The van der Waals surface area contributed by atoms with E-state index in [1.54, 1.807) is 24.8 Å². The van der Waals surface area contributed by atoms with Crippen LogP contribution >= 0.6 is 11.8 Å². The van der Waals surface area contributed by atoms with E-state index in [-0.39, 0.29) is 5.82 Å². The zero-order valence-electron chi connectivity index (χ0n) is 10.0. The molecular formula is C13H19FOS. The highest BCUT2D eigenvalue weighted by Gasteiger charge is 2.10. The van der Waals surface area contributed by atoms with Gasteiger partial charge in [0.1, 0.15) is 5.82 Å². The van der Waals surface area contributed by atoms with Gasteiger partial charge in [0.15, 0.2) is 0 Å². The molecule has 0 fully saturated rings. The molecule has 0 bridgehead atoms. The molecule has 1 nitrogen and oxygen atoms in total. The highest BCUT2D eigenvalue weighted by molar-refractivity contribution is 7.99. The fourth-order valence-electron chi connectivity index (χ4n) is 1.33. The number of hydrogen-bond donors (Lipinski definition) is 1. The van der Waals surface area contributed by atoms with Crippen molar-refractivity contribution in [3.63, 3.8) is 0 Å². The summed E-state index contributed by atoms with van der Waals surface area (Å²) >= 11 is 1.69. The number of rotatable bonds is 5. The van der Waals surface area contributed by atoms with Gasteiger partial charge in [-0.1, -0.05) is 20.3 Å². The minimum atomic E-state index is -0.616. The third-order valence-corrected chi connectivity index (χ3v) is 4.06. The molecule has 1 N–H and O–H groups in total. The molecule has 0 aromatic heterocycles. The fourth-order valence-corrected chi connectivity index (χ4v) is 2.59. The number of benzene rings is 1. The lowest BCUT2D eigenvalue weighted by molar-refractivity contribution is 0.196. The van der Waals surface area contributed by atoms with Gasteiger partial charge < -0.3 is 5.11 Å². The van der Waals surface area contributed by atoms with Gasteiger partial charge in [-0.2, -0.15) is 0 Å². The van der Waals surface area contributed by atoms with E-state index in [2.05, 4.69) is 13.8 Å². The molecule has 0 amide bonds. The number of thioether (sulfide) groups is 1. The first kappa shape index (κ1) is 13.5. The molecule has 3 heteroatoms. The van der Waals surface area contributed by atoms with Crippen LogP contribution in [0.2, 0.25) is 0 Å². The fraction of sp³-hybridized carbons (Fsp3) is 0.538. The number of halogens is 1. The molecule has 0 spiro atoms. The Bertz CT molecular complexity index is 339. The molecule has 0 saturated carbocycles. The van der Waals surface area contributed by atoms with Gasteiger partial charge in [0.05, 0.1) is 6.10 Å². The summed E-state index contributed by atoms with van der Waals surface area (Å²) in [5.41, 5.74) is 0.688. The molecule has 16 heavy (non-hydrogen) atoms. The van der Waals surface area contributed by atoms with Gasteiger partial charge in [0.25, 0.3) is 0 Å². The Morgan fingerprint density at radius 3 is 2.62 bits per heavy atom. The van der Waals surface area contributed by atoms with E-state index < -0.39 is 6.10 Å². The van der Waals surface area contributed by atoms with Crippen molar-refractivity contribution in [2.45, 2.75) is 38.2 Å². The second-order valence-electron chi connectivity index (χ2n) is 4.18. The molecule has 90 valence electrons. The minimum absolute atomic E-state index is 0.288. The van der Waals surface area contributed by atoms with E-state index >= 15 is 0 Å². The van der Waals surface area contributed by atoms with Gasteiger partial charge in [0.2, 0.25) is 0 Å². The normalized spacial score (nSPS) is 14.8. The van der Waals surface area contributed by atoms with Crippen LogP contribution in [0.1, 0.15) is 38.9 Å². The molecule has 1 rings (SSSR count). The molecule has 1 aromatic rings. The molecule has 2 atom stereocenters. The third kappa shape index (κ3) is 3.80.